The van der Waals surface area contributed by atoms with Crippen LogP contribution in [0, 0.1) is 5.92 Å². The van der Waals surface area contributed by atoms with Crippen molar-refractivity contribution in [3.8, 4) is 5.75 Å². The summed E-state index contributed by atoms with van der Waals surface area (Å²) in [7, 11) is 0. The van der Waals surface area contributed by atoms with Crippen molar-refractivity contribution in [2.24, 2.45) is 5.92 Å². The molecular formula is C20H33NO. The van der Waals surface area contributed by atoms with Gasteiger partial charge in [0.15, 0.2) is 0 Å². The lowest BCUT2D eigenvalue weighted by atomic mass is 10.1. The van der Waals surface area contributed by atoms with E-state index in [9.17, 15) is 0 Å². The summed E-state index contributed by atoms with van der Waals surface area (Å²) in [5, 5.41) is 0. The maximum atomic E-state index is 5.82. The van der Waals surface area contributed by atoms with E-state index in [0.717, 1.165) is 24.7 Å². The maximum absolute atomic E-state index is 5.82. The molecule has 2 nitrogen and oxygen atoms in total. The minimum Gasteiger partial charge on any atom is -0.494 e. The van der Waals surface area contributed by atoms with Crippen LogP contribution in [0.3, 0.4) is 0 Å². The lowest BCUT2D eigenvalue weighted by Crippen LogP contribution is -2.20. The van der Waals surface area contributed by atoms with Crippen LogP contribution < -0.4 is 4.74 Å². The molecule has 1 aliphatic rings. The van der Waals surface area contributed by atoms with Gasteiger partial charge in [-0.3, -0.25) is 0 Å². The molecule has 0 unspecified atom stereocenters. The molecule has 0 saturated carbocycles. The topological polar surface area (TPSA) is 12.5 Å². The van der Waals surface area contributed by atoms with E-state index in [2.05, 4.69) is 43.0 Å². The fraction of sp³-hybridized carbons (Fsp3) is 0.700. The number of hydrogen-bond acceptors (Lipinski definition) is 2. The van der Waals surface area contributed by atoms with E-state index in [1.54, 1.807) is 0 Å². The molecule has 0 N–H and O–H groups in total. The SMILES string of the molecule is CC(C)CCCCOc1ccc(CCCN2CCCC2)cc1. The standard InChI is InChI=1S/C20H33NO/c1-18(2)8-3-6-17-22-20-12-10-19(11-13-20)9-7-16-21-14-4-5-15-21/h10-13,18H,3-9,14-17H2,1-2H3. The highest BCUT2D eigenvalue weighted by molar-refractivity contribution is 5.27. The van der Waals surface area contributed by atoms with Crippen molar-refractivity contribution < 1.29 is 4.74 Å². The van der Waals surface area contributed by atoms with Gasteiger partial charge < -0.3 is 9.64 Å². The van der Waals surface area contributed by atoms with Gasteiger partial charge in [0.2, 0.25) is 0 Å². The van der Waals surface area contributed by atoms with E-state index >= 15 is 0 Å². The third-order valence-corrected chi connectivity index (χ3v) is 4.51. The van der Waals surface area contributed by atoms with Crippen LogP contribution >= 0.6 is 0 Å². The molecule has 1 aliphatic heterocycles. The van der Waals surface area contributed by atoms with Crippen LogP contribution in [0.1, 0.15) is 57.9 Å². The van der Waals surface area contributed by atoms with Crippen LogP contribution in [0.25, 0.3) is 0 Å². The van der Waals surface area contributed by atoms with Gasteiger partial charge in [0.05, 0.1) is 6.61 Å². The Bertz CT molecular complexity index is 393. The first-order valence-corrected chi connectivity index (χ1v) is 9.18. The summed E-state index contributed by atoms with van der Waals surface area (Å²) >= 11 is 0. The van der Waals surface area contributed by atoms with Crippen LogP contribution in [-0.2, 0) is 6.42 Å². The number of aryl methyl sites for hydroxylation is 1. The number of ether oxygens (including phenoxy) is 1. The molecule has 0 spiro atoms. The zero-order valence-electron chi connectivity index (χ0n) is 14.5. The molecule has 1 fully saturated rings. The maximum Gasteiger partial charge on any atom is 0.119 e. The van der Waals surface area contributed by atoms with E-state index in [4.69, 9.17) is 4.74 Å². The van der Waals surface area contributed by atoms with Crippen molar-refractivity contribution in [2.75, 3.05) is 26.2 Å². The molecule has 1 aromatic rings. The van der Waals surface area contributed by atoms with E-state index < -0.39 is 0 Å². The number of likely N-dealkylation sites (tertiary alicyclic amines) is 1. The fourth-order valence-electron chi connectivity index (χ4n) is 3.11. The minimum atomic E-state index is 0.805. The predicted molar refractivity (Wildman–Crippen MR) is 94.6 cm³/mol. The molecule has 0 atom stereocenters. The van der Waals surface area contributed by atoms with Gasteiger partial charge >= 0.3 is 0 Å². The van der Waals surface area contributed by atoms with Gasteiger partial charge in [-0.1, -0.05) is 32.4 Å². The summed E-state index contributed by atoms with van der Waals surface area (Å²) in [6.07, 6.45) is 8.98. The third-order valence-electron chi connectivity index (χ3n) is 4.51. The van der Waals surface area contributed by atoms with Crippen molar-refractivity contribution in [3.63, 3.8) is 0 Å². The van der Waals surface area contributed by atoms with Crippen molar-refractivity contribution in [2.45, 2.75) is 58.8 Å². The number of hydrogen-bond donors (Lipinski definition) is 0. The average Bonchev–Trinajstić information content (AvgIpc) is 3.01. The monoisotopic (exact) mass is 303 g/mol. The molecule has 0 radical (unpaired) electrons. The van der Waals surface area contributed by atoms with Gasteiger partial charge in [-0.05, 0) is 81.8 Å². The second-order valence-corrected chi connectivity index (χ2v) is 7.03. The van der Waals surface area contributed by atoms with E-state index in [1.807, 2.05) is 0 Å². The van der Waals surface area contributed by atoms with Gasteiger partial charge in [0, 0.05) is 0 Å². The molecule has 1 aromatic carbocycles. The summed E-state index contributed by atoms with van der Waals surface area (Å²) in [6.45, 7) is 9.29. The van der Waals surface area contributed by atoms with E-state index in [-0.39, 0.29) is 0 Å². The molecule has 124 valence electrons. The van der Waals surface area contributed by atoms with Gasteiger partial charge in [-0.15, -0.1) is 0 Å². The smallest absolute Gasteiger partial charge is 0.119 e. The normalized spacial score (nSPS) is 15.6. The summed E-state index contributed by atoms with van der Waals surface area (Å²) in [6, 6.07) is 8.72. The van der Waals surface area contributed by atoms with E-state index in [0.29, 0.717) is 0 Å². The Kier molecular flexibility index (Phi) is 7.79. The average molecular weight is 303 g/mol. The Hall–Kier alpha value is -1.02. The Morgan fingerprint density at radius 2 is 1.73 bits per heavy atom. The quantitative estimate of drug-likeness (QED) is 0.569. The molecule has 1 saturated heterocycles. The zero-order chi connectivity index (χ0) is 15.6. The number of benzene rings is 1. The van der Waals surface area contributed by atoms with Crippen LogP contribution in [0.15, 0.2) is 24.3 Å². The van der Waals surface area contributed by atoms with Crippen molar-refractivity contribution in [1.82, 2.24) is 4.90 Å². The zero-order valence-corrected chi connectivity index (χ0v) is 14.5. The molecular weight excluding hydrogens is 270 g/mol. The Balaban J connectivity index is 1.58. The molecule has 0 bridgehead atoms. The fourth-order valence-corrected chi connectivity index (χ4v) is 3.11. The largest absolute Gasteiger partial charge is 0.494 e. The highest BCUT2D eigenvalue weighted by Gasteiger charge is 2.10. The lowest BCUT2D eigenvalue weighted by Gasteiger charge is -2.14. The second kappa shape index (κ2) is 9.89. The molecule has 0 amide bonds. The highest BCUT2D eigenvalue weighted by atomic mass is 16.5. The molecule has 0 aliphatic carbocycles. The van der Waals surface area contributed by atoms with E-state index in [1.165, 1.54) is 63.7 Å². The van der Waals surface area contributed by atoms with Crippen molar-refractivity contribution in [1.29, 1.82) is 0 Å². The van der Waals surface area contributed by atoms with Crippen LogP contribution in [0.4, 0.5) is 0 Å². The molecule has 1 heterocycles. The first-order chi connectivity index (χ1) is 10.7. The van der Waals surface area contributed by atoms with Crippen LogP contribution in [0.2, 0.25) is 0 Å². The van der Waals surface area contributed by atoms with Gasteiger partial charge in [-0.25, -0.2) is 0 Å². The number of rotatable bonds is 10. The van der Waals surface area contributed by atoms with Crippen molar-refractivity contribution in [3.05, 3.63) is 29.8 Å². The van der Waals surface area contributed by atoms with Gasteiger partial charge in [0.25, 0.3) is 0 Å². The van der Waals surface area contributed by atoms with Crippen LogP contribution in [0.5, 0.6) is 5.75 Å². The third kappa shape index (κ3) is 6.83. The molecule has 22 heavy (non-hydrogen) atoms. The Morgan fingerprint density at radius 1 is 1.00 bits per heavy atom. The van der Waals surface area contributed by atoms with Crippen molar-refractivity contribution >= 4 is 0 Å². The Morgan fingerprint density at radius 3 is 2.41 bits per heavy atom. The van der Waals surface area contributed by atoms with Gasteiger partial charge in [0.1, 0.15) is 5.75 Å². The summed E-state index contributed by atoms with van der Waals surface area (Å²) in [5.41, 5.74) is 1.44. The second-order valence-electron chi connectivity index (χ2n) is 7.03. The highest BCUT2D eigenvalue weighted by Crippen LogP contribution is 2.15. The molecule has 0 aromatic heterocycles. The summed E-state index contributed by atoms with van der Waals surface area (Å²) in [5.74, 6) is 1.83. The predicted octanol–water partition coefficient (Wildman–Crippen LogP) is 4.92. The molecule has 2 rings (SSSR count). The minimum absolute atomic E-state index is 0.805. The summed E-state index contributed by atoms with van der Waals surface area (Å²) in [4.78, 5) is 2.59. The lowest BCUT2D eigenvalue weighted by molar-refractivity contribution is 0.301. The van der Waals surface area contributed by atoms with Gasteiger partial charge in [-0.2, -0.15) is 0 Å². The van der Waals surface area contributed by atoms with Crippen LogP contribution in [-0.4, -0.2) is 31.1 Å². The molecule has 2 heteroatoms. The number of nitrogens with zero attached hydrogens (tertiary/aromatic N) is 1. The number of unbranched alkanes of at least 4 members (excludes halogenated alkanes) is 1. The first-order valence-electron chi connectivity index (χ1n) is 9.18. The first kappa shape index (κ1) is 17.3. The summed E-state index contributed by atoms with van der Waals surface area (Å²) < 4.78 is 5.82. The Labute approximate surface area is 136 Å².